The van der Waals surface area contributed by atoms with Crippen molar-refractivity contribution in [2.75, 3.05) is 25.6 Å². The minimum Gasteiger partial charge on any atom is -0.394 e. The lowest BCUT2D eigenvalue weighted by Crippen LogP contribution is -2.55. The van der Waals surface area contributed by atoms with Crippen molar-refractivity contribution in [2.45, 2.75) is 50.5 Å². The van der Waals surface area contributed by atoms with Crippen LogP contribution >= 0.6 is 0 Å². The van der Waals surface area contributed by atoms with E-state index in [0.29, 0.717) is 26.1 Å². The molecule has 5 nitrogen and oxygen atoms in total. The van der Waals surface area contributed by atoms with E-state index in [-0.39, 0.29) is 18.3 Å². The molecular weight excluding hydrogens is 266 g/mol. The van der Waals surface area contributed by atoms with E-state index in [1.807, 2.05) is 0 Å². The standard InChI is InChI=1S/C13H25NO4S/c15-11-13(6-8-18-9-7-13)14-19(16,17)10-12-4-2-1-3-5-12/h12,14-15H,1-11H2. The smallest absolute Gasteiger partial charge is 0.212 e. The molecule has 0 aromatic heterocycles. The number of sulfonamides is 1. The van der Waals surface area contributed by atoms with Gasteiger partial charge in [-0.05, 0) is 31.6 Å². The first-order chi connectivity index (χ1) is 9.05. The van der Waals surface area contributed by atoms with E-state index < -0.39 is 15.6 Å². The molecule has 0 aromatic rings. The van der Waals surface area contributed by atoms with Crippen molar-refractivity contribution < 1.29 is 18.3 Å². The van der Waals surface area contributed by atoms with Gasteiger partial charge < -0.3 is 9.84 Å². The van der Waals surface area contributed by atoms with Crippen molar-refractivity contribution in [1.29, 1.82) is 0 Å². The summed E-state index contributed by atoms with van der Waals surface area (Å²) in [6.07, 6.45) is 6.62. The summed E-state index contributed by atoms with van der Waals surface area (Å²) in [6, 6.07) is 0. The molecule has 1 saturated carbocycles. The number of aliphatic hydroxyl groups is 1. The lowest BCUT2D eigenvalue weighted by Gasteiger charge is -2.36. The van der Waals surface area contributed by atoms with Gasteiger partial charge in [-0.25, -0.2) is 13.1 Å². The van der Waals surface area contributed by atoms with Gasteiger partial charge >= 0.3 is 0 Å². The Morgan fingerprint density at radius 3 is 2.37 bits per heavy atom. The Morgan fingerprint density at radius 1 is 1.16 bits per heavy atom. The van der Waals surface area contributed by atoms with E-state index in [1.165, 1.54) is 6.42 Å². The highest BCUT2D eigenvalue weighted by Crippen LogP contribution is 2.26. The van der Waals surface area contributed by atoms with Gasteiger partial charge in [-0.1, -0.05) is 19.3 Å². The molecule has 2 N–H and O–H groups in total. The molecule has 1 saturated heterocycles. The maximum absolute atomic E-state index is 12.3. The van der Waals surface area contributed by atoms with Crippen LogP contribution in [0.2, 0.25) is 0 Å². The number of aliphatic hydroxyl groups excluding tert-OH is 1. The second-order valence-electron chi connectivity index (χ2n) is 5.94. The van der Waals surface area contributed by atoms with Gasteiger partial charge in [-0.15, -0.1) is 0 Å². The van der Waals surface area contributed by atoms with Gasteiger partial charge in [0.25, 0.3) is 0 Å². The molecule has 2 fully saturated rings. The van der Waals surface area contributed by atoms with Gasteiger partial charge in [-0.3, -0.25) is 0 Å². The summed E-state index contributed by atoms with van der Waals surface area (Å²) in [5.41, 5.74) is -0.703. The van der Waals surface area contributed by atoms with Crippen LogP contribution in [0.25, 0.3) is 0 Å². The molecule has 0 radical (unpaired) electrons. The van der Waals surface area contributed by atoms with Crippen LogP contribution in [0.5, 0.6) is 0 Å². The van der Waals surface area contributed by atoms with Crippen molar-refractivity contribution in [3.8, 4) is 0 Å². The summed E-state index contributed by atoms with van der Waals surface area (Å²) in [5, 5.41) is 9.53. The van der Waals surface area contributed by atoms with Crippen LogP contribution in [0.15, 0.2) is 0 Å². The topological polar surface area (TPSA) is 75.6 Å². The van der Waals surface area contributed by atoms with Crippen LogP contribution in [-0.2, 0) is 14.8 Å². The van der Waals surface area contributed by atoms with Gasteiger partial charge in [0.1, 0.15) is 0 Å². The third-order valence-electron chi connectivity index (χ3n) is 4.30. The van der Waals surface area contributed by atoms with Crippen molar-refractivity contribution >= 4 is 10.0 Å². The van der Waals surface area contributed by atoms with E-state index in [1.54, 1.807) is 0 Å². The summed E-state index contributed by atoms with van der Waals surface area (Å²) < 4.78 is 32.5. The molecule has 2 rings (SSSR count). The van der Waals surface area contributed by atoms with Crippen LogP contribution in [-0.4, -0.2) is 44.6 Å². The molecule has 0 unspecified atom stereocenters. The minimum absolute atomic E-state index is 0.153. The summed E-state index contributed by atoms with van der Waals surface area (Å²) >= 11 is 0. The highest BCUT2D eigenvalue weighted by Gasteiger charge is 2.36. The lowest BCUT2D eigenvalue weighted by atomic mass is 9.91. The quantitative estimate of drug-likeness (QED) is 0.793. The predicted octanol–water partition coefficient (Wildman–Crippen LogP) is 1.03. The van der Waals surface area contributed by atoms with Gasteiger partial charge in [0.2, 0.25) is 10.0 Å². The largest absolute Gasteiger partial charge is 0.394 e. The minimum atomic E-state index is -3.32. The van der Waals surface area contributed by atoms with Crippen LogP contribution in [0.1, 0.15) is 44.9 Å². The summed E-state index contributed by atoms with van der Waals surface area (Å²) in [5.74, 6) is 0.483. The van der Waals surface area contributed by atoms with E-state index in [0.717, 1.165) is 25.7 Å². The molecule has 0 bridgehead atoms. The fourth-order valence-corrected chi connectivity index (χ4v) is 5.06. The first kappa shape index (κ1) is 15.2. The molecular formula is C13H25NO4S. The number of hydrogen-bond acceptors (Lipinski definition) is 4. The highest BCUT2D eigenvalue weighted by atomic mass is 32.2. The Hall–Kier alpha value is -0.170. The maximum Gasteiger partial charge on any atom is 0.212 e. The van der Waals surface area contributed by atoms with E-state index in [2.05, 4.69) is 4.72 Å². The van der Waals surface area contributed by atoms with Crippen molar-refractivity contribution in [2.24, 2.45) is 5.92 Å². The molecule has 1 heterocycles. The van der Waals surface area contributed by atoms with Gasteiger partial charge in [-0.2, -0.15) is 0 Å². The normalized spacial score (nSPS) is 25.3. The number of hydrogen-bond donors (Lipinski definition) is 2. The summed E-state index contributed by atoms with van der Waals surface area (Å²) in [6.45, 7) is 0.860. The summed E-state index contributed by atoms with van der Waals surface area (Å²) in [7, 11) is -3.32. The third-order valence-corrected chi connectivity index (χ3v) is 5.96. The number of nitrogens with one attached hydrogen (secondary N) is 1. The highest BCUT2D eigenvalue weighted by molar-refractivity contribution is 7.89. The zero-order chi connectivity index (χ0) is 13.8. The van der Waals surface area contributed by atoms with Gasteiger partial charge in [0.05, 0.1) is 17.9 Å². The van der Waals surface area contributed by atoms with E-state index in [4.69, 9.17) is 4.74 Å². The Balaban J connectivity index is 1.94. The van der Waals surface area contributed by atoms with Crippen LogP contribution < -0.4 is 4.72 Å². The zero-order valence-corrected chi connectivity index (χ0v) is 12.3. The zero-order valence-electron chi connectivity index (χ0n) is 11.4. The van der Waals surface area contributed by atoms with Crippen molar-refractivity contribution in [3.63, 3.8) is 0 Å². The fourth-order valence-electron chi connectivity index (χ4n) is 3.09. The Morgan fingerprint density at radius 2 is 1.79 bits per heavy atom. The average Bonchev–Trinajstić information content (AvgIpc) is 2.40. The predicted molar refractivity (Wildman–Crippen MR) is 73.4 cm³/mol. The Bertz CT molecular complexity index is 370. The molecule has 19 heavy (non-hydrogen) atoms. The lowest BCUT2D eigenvalue weighted by molar-refractivity contribution is 0.0222. The Labute approximate surface area is 115 Å². The monoisotopic (exact) mass is 291 g/mol. The Kier molecular flexibility index (Phi) is 5.22. The molecule has 112 valence electrons. The van der Waals surface area contributed by atoms with E-state index in [9.17, 15) is 13.5 Å². The van der Waals surface area contributed by atoms with E-state index >= 15 is 0 Å². The first-order valence-electron chi connectivity index (χ1n) is 7.26. The SMILES string of the molecule is O=S(=O)(CC1CCCCC1)NC1(CO)CCOCC1. The number of ether oxygens (including phenoxy) is 1. The number of rotatable bonds is 5. The molecule has 6 heteroatoms. The van der Waals surface area contributed by atoms with Crippen LogP contribution in [0.3, 0.4) is 0 Å². The maximum atomic E-state index is 12.3. The second-order valence-corrected chi connectivity index (χ2v) is 7.71. The molecule has 0 amide bonds. The van der Waals surface area contributed by atoms with Gasteiger partial charge in [0.15, 0.2) is 0 Å². The van der Waals surface area contributed by atoms with Gasteiger partial charge in [0, 0.05) is 13.2 Å². The third kappa shape index (κ3) is 4.41. The average molecular weight is 291 g/mol. The van der Waals surface area contributed by atoms with Crippen LogP contribution in [0.4, 0.5) is 0 Å². The molecule has 1 aliphatic carbocycles. The van der Waals surface area contributed by atoms with Crippen LogP contribution in [0, 0.1) is 5.92 Å². The second kappa shape index (κ2) is 6.52. The molecule has 0 atom stereocenters. The summed E-state index contributed by atoms with van der Waals surface area (Å²) in [4.78, 5) is 0. The molecule has 2 aliphatic rings. The molecule has 1 aliphatic heterocycles. The molecule has 0 aromatic carbocycles. The van der Waals surface area contributed by atoms with Crippen molar-refractivity contribution in [1.82, 2.24) is 4.72 Å². The van der Waals surface area contributed by atoms with Crippen molar-refractivity contribution in [3.05, 3.63) is 0 Å². The fraction of sp³-hybridized carbons (Fsp3) is 1.00. The first-order valence-corrected chi connectivity index (χ1v) is 8.91. The molecule has 0 spiro atoms.